The second-order valence-electron chi connectivity index (χ2n) is 9.18. The van der Waals surface area contributed by atoms with E-state index in [2.05, 4.69) is 53.1 Å². The van der Waals surface area contributed by atoms with Gasteiger partial charge in [0.1, 0.15) is 0 Å². The normalized spacial score (nSPS) is 25.2. The van der Waals surface area contributed by atoms with Gasteiger partial charge in [0.05, 0.1) is 13.2 Å². The Hall–Kier alpha value is -0.120. The molecule has 0 aromatic rings. The molecule has 0 radical (unpaired) electrons. The van der Waals surface area contributed by atoms with Crippen molar-refractivity contribution in [3.05, 3.63) is 0 Å². The molecule has 2 atom stereocenters. The molecule has 2 unspecified atom stereocenters. The summed E-state index contributed by atoms with van der Waals surface area (Å²) >= 11 is 0. The van der Waals surface area contributed by atoms with Gasteiger partial charge in [-0.1, -0.05) is 13.8 Å². The molecule has 166 valence electrons. The van der Waals surface area contributed by atoms with Crippen LogP contribution in [0.3, 0.4) is 0 Å². The molecule has 2 heterocycles. The lowest BCUT2D eigenvalue weighted by molar-refractivity contribution is -0.00833. The predicted octanol–water partition coefficient (Wildman–Crippen LogP) is 2.64. The van der Waals surface area contributed by atoms with E-state index >= 15 is 0 Å². The van der Waals surface area contributed by atoms with Gasteiger partial charge in [0.25, 0.3) is 0 Å². The van der Waals surface area contributed by atoms with Crippen LogP contribution < -0.4 is 10.6 Å². The molecule has 0 aromatic carbocycles. The van der Waals surface area contributed by atoms with E-state index in [0.717, 1.165) is 57.2 Å². The van der Waals surface area contributed by atoms with Crippen molar-refractivity contribution in [2.24, 2.45) is 16.8 Å². The summed E-state index contributed by atoms with van der Waals surface area (Å²) in [6.07, 6.45) is 3.83. The number of halogens is 1. The number of hydrogen-bond donors (Lipinski definition) is 2. The van der Waals surface area contributed by atoms with Crippen molar-refractivity contribution in [3.8, 4) is 0 Å². The smallest absolute Gasteiger partial charge is 0.191 e. The lowest BCUT2D eigenvalue weighted by atomic mass is 9.92. The van der Waals surface area contributed by atoms with Crippen LogP contribution in [0.15, 0.2) is 4.99 Å². The van der Waals surface area contributed by atoms with Crippen molar-refractivity contribution in [1.82, 2.24) is 20.4 Å². The van der Waals surface area contributed by atoms with Crippen LogP contribution in [-0.2, 0) is 4.74 Å². The van der Waals surface area contributed by atoms with Gasteiger partial charge in [-0.15, -0.1) is 24.0 Å². The quantitative estimate of drug-likeness (QED) is 0.228. The van der Waals surface area contributed by atoms with E-state index in [1.807, 2.05) is 7.05 Å². The average molecular weight is 510 g/mol. The van der Waals surface area contributed by atoms with Crippen LogP contribution in [-0.4, -0.2) is 87.4 Å². The molecule has 6 nitrogen and oxygen atoms in total. The van der Waals surface area contributed by atoms with Gasteiger partial charge in [0.2, 0.25) is 0 Å². The Bertz CT molecular complexity index is 444. The van der Waals surface area contributed by atoms with E-state index in [4.69, 9.17) is 4.74 Å². The number of nitrogens with one attached hydrogen (secondary N) is 2. The van der Waals surface area contributed by atoms with Gasteiger partial charge in [-0.05, 0) is 51.5 Å². The number of aliphatic imine (C=N–C) groups is 1. The molecule has 0 amide bonds. The summed E-state index contributed by atoms with van der Waals surface area (Å²) in [5.41, 5.74) is 0.100. The van der Waals surface area contributed by atoms with Gasteiger partial charge in [-0.3, -0.25) is 9.89 Å². The highest BCUT2D eigenvalue weighted by atomic mass is 127. The van der Waals surface area contributed by atoms with Crippen molar-refractivity contribution in [2.45, 2.75) is 52.5 Å². The summed E-state index contributed by atoms with van der Waals surface area (Å²) in [4.78, 5) is 9.53. The van der Waals surface area contributed by atoms with Crippen LogP contribution in [0.25, 0.3) is 0 Å². The minimum atomic E-state index is 0. The zero-order valence-electron chi connectivity index (χ0n) is 18.8. The van der Waals surface area contributed by atoms with Crippen LogP contribution in [0.1, 0.15) is 47.0 Å². The van der Waals surface area contributed by atoms with Crippen LogP contribution in [0.4, 0.5) is 0 Å². The molecular weight excluding hydrogens is 465 g/mol. The summed E-state index contributed by atoms with van der Waals surface area (Å²) in [5.74, 6) is 2.62. The Kier molecular flexibility index (Phi) is 12.3. The third-order valence-corrected chi connectivity index (χ3v) is 5.92. The maximum absolute atomic E-state index is 5.47. The molecule has 0 aromatic heterocycles. The predicted molar refractivity (Wildman–Crippen MR) is 130 cm³/mol. The van der Waals surface area contributed by atoms with Gasteiger partial charge < -0.3 is 20.3 Å². The van der Waals surface area contributed by atoms with Crippen LogP contribution in [0, 0.1) is 11.8 Å². The molecule has 0 saturated carbocycles. The average Bonchev–Trinajstić information content (AvgIpc) is 2.64. The highest BCUT2D eigenvalue weighted by Crippen LogP contribution is 2.21. The molecular formula is C21H44IN5O. The number of hydrogen-bond acceptors (Lipinski definition) is 4. The first-order chi connectivity index (χ1) is 12.9. The highest BCUT2D eigenvalue weighted by molar-refractivity contribution is 14.0. The molecule has 2 N–H and O–H groups in total. The Morgan fingerprint density at radius 2 is 1.71 bits per heavy atom. The van der Waals surface area contributed by atoms with E-state index < -0.39 is 0 Å². The number of nitrogens with zero attached hydrogens (tertiary/aromatic N) is 3. The minimum absolute atomic E-state index is 0. The monoisotopic (exact) mass is 509 g/mol. The van der Waals surface area contributed by atoms with Crippen molar-refractivity contribution in [2.75, 3.05) is 66.1 Å². The summed E-state index contributed by atoms with van der Waals surface area (Å²) in [7, 11) is 1.85. The van der Waals surface area contributed by atoms with Crippen molar-refractivity contribution in [3.63, 3.8) is 0 Å². The first-order valence-electron chi connectivity index (χ1n) is 10.9. The van der Waals surface area contributed by atoms with E-state index in [0.29, 0.717) is 0 Å². The van der Waals surface area contributed by atoms with Crippen LogP contribution in [0.2, 0.25) is 0 Å². The molecule has 0 aliphatic carbocycles. The van der Waals surface area contributed by atoms with E-state index in [-0.39, 0.29) is 29.5 Å². The molecule has 7 heteroatoms. The largest absolute Gasteiger partial charge is 0.379 e. The number of rotatable bonds is 8. The van der Waals surface area contributed by atoms with E-state index in [9.17, 15) is 0 Å². The SMILES string of the molecule is CN=C(NCCCCN1CC(C)CC(C)C1)NCC(C)(C)N1CCOCC1.I. The molecule has 2 fully saturated rings. The number of morpholine rings is 1. The minimum Gasteiger partial charge on any atom is -0.379 e. The summed E-state index contributed by atoms with van der Waals surface area (Å²) in [6, 6.07) is 0. The van der Waals surface area contributed by atoms with Gasteiger partial charge >= 0.3 is 0 Å². The fourth-order valence-electron chi connectivity index (χ4n) is 4.44. The first-order valence-corrected chi connectivity index (χ1v) is 10.9. The first kappa shape index (κ1) is 25.9. The number of likely N-dealkylation sites (tertiary alicyclic amines) is 1. The van der Waals surface area contributed by atoms with Crippen LogP contribution in [0.5, 0.6) is 0 Å². The second-order valence-corrected chi connectivity index (χ2v) is 9.18. The molecule has 2 saturated heterocycles. The Labute approximate surface area is 190 Å². The fourth-order valence-corrected chi connectivity index (χ4v) is 4.44. The second kappa shape index (κ2) is 13.2. The maximum Gasteiger partial charge on any atom is 0.191 e. The molecule has 0 spiro atoms. The van der Waals surface area contributed by atoms with E-state index in [1.165, 1.54) is 38.9 Å². The van der Waals surface area contributed by atoms with Crippen LogP contribution >= 0.6 is 24.0 Å². The zero-order valence-corrected chi connectivity index (χ0v) is 21.1. The molecule has 28 heavy (non-hydrogen) atoms. The fraction of sp³-hybridized carbons (Fsp3) is 0.952. The zero-order chi connectivity index (χ0) is 19.7. The van der Waals surface area contributed by atoms with Gasteiger partial charge in [-0.25, -0.2) is 0 Å². The van der Waals surface area contributed by atoms with E-state index in [1.54, 1.807) is 0 Å². The lowest BCUT2D eigenvalue weighted by Gasteiger charge is -2.41. The third kappa shape index (κ3) is 9.13. The molecule has 2 aliphatic heterocycles. The maximum atomic E-state index is 5.47. The number of ether oxygens (including phenoxy) is 1. The molecule has 0 bridgehead atoms. The number of unbranched alkanes of at least 4 members (excludes halogenated alkanes) is 1. The molecule has 2 aliphatic rings. The van der Waals surface area contributed by atoms with Crippen molar-refractivity contribution in [1.29, 1.82) is 0 Å². The molecule has 2 rings (SSSR count). The Morgan fingerprint density at radius 1 is 1.07 bits per heavy atom. The van der Waals surface area contributed by atoms with Gasteiger partial charge in [-0.2, -0.15) is 0 Å². The van der Waals surface area contributed by atoms with Gasteiger partial charge in [0.15, 0.2) is 5.96 Å². The third-order valence-electron chi connectivity index (χ3n) is 5.92. The highest BCUT2D eigenvalue weighted by Gasteiger charge is 2.28. The number of guanidine groups is 1. The van der Waals surface area contributed by atoms with Crippen molar-refractivity contribution >= 4 is 29.9 Å². The van der Waals surface area contributed by atoms with Gasteiger partial charge in [0, 0.05) is 51.9 Å². The summed E-state index contributed by atoms with van der Waals surface area (Å²) in [5, 5.41) is 6.98. The Balaban J connectivity index is 0.00000392. The lowest BCUT2D eigenvalue weighted by Crippen LogP contribution is -2.56. The standard InChI is InChI=1S/C21H43N5O.HI/c1-18-14-19(2)16-25(15-18)9-7-6-8-23-20(22-5)24-17-21(3,4)26-10-12-27-13-11-26;/h18-19H,6-17H2,1-5H3,(H2,22,23,24);1H. The summed E-state index contributed by atoms with van der Waals surface area (Å²) in [6.45, 7) is 18.7. The Morgan fingerprint density at radius 3 is 2.32 bits per heavy atom. The van der Waals surface area contributed by atoms with Crippen molar-refractivity contribution < 1.29 is 4.74 Å². The summed E-state index contributed by atoms with van der Waals surface area (Å²) < 4.78 is 5.47. The number of piperidine rings is 1. The topological polar surface area (TPSA) is 52.1 Å².